The number of carbonyl (C=O) groups is 2. The van der Waals surface area contributed by atoms with Gasteiger partial charge in [0.1, 0.15) is 11.9 Å². The molecular formula is C13H19NO6P+. The molecule has 0 spiro atoms. The molecule has 1 unspecified atom stereocenters. The summed E-state index contributed by atoms with van der Waals surface area (Å²) >= 11 is 0. The van der Waals surface area contributed by atoms with Crippen LogP contribution in [0, 0.1) is 0 Å². The minimum absolute atomic E-state index is 0.0450. The van der Waals surface area contributed by atoms with E-state index in [1.54, 1.807) is 0 Å². The maximum atomic E-state index is 12.0. The molecule has 1 atom stereocenters. The molecule has 8 heteroatoms. The first kappa shape index (κ1) is 17.5. The molecule has 21 heavy (non-hydrogen) atoms. The molecule has 0 aliphatic carbocycles. The standard InChI is InChI=1S/C13H18NO6P/c1-9(12(15)16)20-11-5-3-10(4-6-11)13(17)21(18,19)8-2-7-14/h3-6,9,18-19H,2,7-8,14H2,1H3/p+1. The van der Waals surface area contributed by atoms with E-state index in [0.29, 0.717) is 6.42 Å². The smallest absolute Gasteiger partial charge is 0.356 e. The van der Waals surface area contributed by atoms with E-state index in [1.807, 2.05) is 0 Å². The zero-order valence-electron chi connectivity index (χ0n) is 11.6. The number of carboxylic acid groups (broad SMARTS) is 1. The Hall–Kier alpha value is -1.53. The van der Waals surface area contributed by atoms with Gasteiger partial charge in [-0.3, -0.25) is 0 Å². The summed E-state index contributed by atoms with van der Waals surface area (Å²) in [4.78, 5) is 42.3. The van der Waals surface area contributed by atoms with Gasteiger partial charge in [0.15, 0.2) is 6.10 Å². The van der Waals surface area contributed by atoms with Crippen molar-refractivity contribution in [3.63, 3.8) is 0 Å². The second-order valence-corrected chi connectivity index (χ2v) is 6.84. The Morgan fingerprint density at radius 1 is 1.29 bits per heavy atom. The molecule has 7 nitrogen and oxygen atoms in total. The van der Waals surface area contributed by atoms with Crippen LogP contribution in [0.1, 0.15) is 23.7 Å². The summed E-state index contributed by atoms with van der Waals surface area (Å²) in [5.74, 6) is -0.823. The zero-order valence-corrected chi connectivity index (χ0v) is 12.5. The van der Waals surface area contributed by atoms with Crippen molar-refractivity contribution in [2.24, 2.45) is 5.73 Å². The molecule has 0 bridgehead atoms. The molecule has 0 aromatic heterocycles. The molecule has 0 amide bonds. The predicted octanol–water partition coefficient (Wildman–Crippen LogP) is 0.860. The lowest BCUT2D eigenvalue weighted by Gasteiger charge is -2.12. The third kappa shape index (κ3) is 5.06. The maximum Gasteiger partial charge on any atom is 0.356 e. The predicted molar refractivity (Wildman–Crippen MR) is 78.4 cm³/mol. The van der Waals surface area contributed by atoms with E-state index in [-0.39, 0.29) is 24.0 Å². The van der Waals surface area contributed by atoms with Gasteiger partial charge in [0.2, 0.25) is 0 Å². The number of rotatable bonds is 8. The Kier molecular flexibility index (Phi) is 6.23. The number of nitrogens with two attached hydrogens (primary N) is 1. The van der Waals surface area contributed by atoms with Crippen LogP contribution in [0.4, 0.5) is 0 Å². The molecule has 1 rings (SSSR count). The number of carbonyl (C=O) groups excluding carboxylic acids is 1. The Morgan fingerprint density at radius 2 is 1.86 bits per heavy atom. The molecule has 116 valence electrons. The minimum Gasteiger partial charge on any atom is -0.479 e. The maximum absolute atomic E-state index is 12.0. The number of carboxylic acids is 1. The van der Waals surface area contributed by atoms with Crippen LogP contribution in [0.2, 0.25) is 0 Å². The van der Waals surface area contributed by atoms with Crippen molar-refractivity contribution in [2.75, 3.05) is 12.7 Å². The second-order valence-electron chi connectivity index (χ2n) is 4.52. The van der Waals surface area contributed by atoms with Crippen LogP contribution in [0.25, 0.3) is 0 Å². The molecule has 5 N–H and O–H groups in total. The van der Waals surface area contributed by atoms with Gasteiger partial charge in [0.05, 0.1) is 5.56 Å². The molecule has 0 fully saturated rings. The van der Waals surface area contributed by atoms with Gasteiger partial charge in [-0.25, -0.2) is 19.4 Å². The fourth-order valence-corrected chi connectivity index (χ4v) is 2.94. The summed E-state index contributed by atoms with van der Waals surface area (Å²) in [5, 5.41) is 8.72. The molecule has 0 aliphatic heterocycles. The molecule has 0 aliphatic rings. The fourth-order valence-electron chi connectivity index (χ4n) is 1.55. The number of aliphatic carboxylic acids is 1. The molecule has 0 saturated carbocycles. The van der Waals surface area contributed by atoms with Gasteiger partial charge in [-0.1, -0.05) is 0 Å². The summed E-state index contributed by atoms with van der Waals surface area (Å²) in [5.41, 5.74) is 4.70. The molecule has 0 saturated heterocycles. The van der Waals surface area contributed by atoms with Crippen LogP contribution >= 0.6 is 7.72 Å². The van der Waals surface area contributed by atoms with E-state index in [1.165, 1.54) is 31.2 Å². The Labute approximate surface area is 122 Å². The molecule has 1 aromatic carbocycles. The molecule has 0 heterocycles. The monoisotopic (exact) mass is 316 g/mol. The van der Waals surface area contributed by atoms with Gasteiger partial charge in [-0.15, -0.1) is 0 Å². The first-order valence-corrected chi connectivity index (χ1v) is 8.24. The van der Waals surface area contributed by atoms with E-state index < -0.39 is 25.3 Å². The number of ether oxygens (including phenoxy) is 1. The Bertz CT molecular complexity index is 502. The van der Waals surface area contributed by atoms with Crippen molar-refractivity contribution in [3.8, 4) is 5.75 Å². The summed E-state index contributed by atoms with van der Waals surface area (Å²) < 4.78 is 5.12. The summed E-state index contributed by atoms with van der Waals surface area (Å²) in [6, 6.07) is 5.57. The first-order valence-electron chi connectivity index (χ1n) is 6.36. The van der Waals surface area contributed by atoms with Crippen LogP contribution < -0.4 is 10.5 Å². The van der Waals surface area contributed by atoms with Gasteiger partial charge >= 0.3 is 19.2 Å². The van der Waals surface area contributed by atoms with Crippen LogP contribution in [0.15, 0.2) is 24.3 Å². The van der Waals surface area contributed by atoms with Crippen molar-refractivity contribution in [3.05, 3.63) is 29.8 Å². The lowest BCUT2D eigenvalue weighted by Crippen LogP contribution is -2.22. The summed E-state index contributed by atoms with van der Waals surface area (Å²) in [7, 11) is -3.68. The normalized spacial score (nSPS) is 12.8. The molecule has 1 aromatic rings. The quantitative estimate of drug-likeness (QED) is 0.523. The highest BCUT2D eigenvalue weighted by molar-refractivity contribution is 7.81. The SMILES string of the molecule is CC(Oc1ccc(C(=O)[P+](O)(O)CCCN)cc1)C(=O)O. The van der Waals surface area contributed by atoms with Crippen LogP contribution in [0.3, 0.4) is 0 Å². The van der Waals surface area contributed by atoms with E-state index in [4.69, 9.17) is 15.6 Å². The van der Waals surface area contributed by atoms with Crippen molar-refractivity contribution in [2.45, 2.75) is 19.4 Å². The van der Waals surface area contributed by atoms with Crippen LogP contribution in [0.5, 0.6) is 5.75 Å². The van der Waals surface area contributed by atoms with Gasteiger partial charge < -0.3 is 15.6 Å². The third-order valence-electron chi connectivity index (χ3n) is 2.76. The van der Waals surface area contributed by atoms with E-state index in [9.17, 15) is 19.4 Å². The van der Waals surface area contributed by atoms with Gasteiger partial charge in [-0.2, -0.15) is 0 Å². The van der Waals surface area contributed by atoms with Gasteiger partial charge in [-0.05, 0) is 44.2 Å². The number of hydrogen-bond donors (Lipinski definition) is 4. The second kappa shape index (κ2) is 7.47. The van der Waals surface area contributed by atoms with Gasteiger partial charge in [0.25, 0.3) is 0 Å². The zero-order chi connectivity index (χ0) is 16.0. The highest BCUT2D eigenvalue weighted by Gasteiger charge is 2.43. The van der Waals surface area contributed by atoms with E-state index >= 15 is 0 Å². The minimum atomic E-state index is -3.68. The van der Waals surface area contributed by atoms with Gasteiger partial charge in [0, 0.05) is 0 Å². The first-order chi connectivity index (χ1) is 9.77. The number of benzene rings is 1. The lowest BCUT2D eigenvalue weighted by molar-refractivity contribution is -0.144. The number of hydrogen-bond acceptors (Lipinski definition) is 6. The van der Waals surface area contributed by atoms with E-state index in [2.05, 4.69) is 0 Å². The highest BCUT2D eigenvalue weighted by Crippen LogP contribution is 2.53. The van der Waals surface area contributed by atoms with Crippen molar-refractivity contribution >= 4 is 19.2 Å². The van der Waals surface area contributed by atoms with E-state index in [0.717, 1.165) is 0 Å². The summed E-state index contributed by atoms with van der Waals surface area (Å²) in [6.45, 7) is 1.65. The van der Waals surface area contributed by atoms with Crippen molar-refractivity contribution in [1.82, 2.24) is 0 Å². The molecular weight excluding hydrogens is 297 g/mol. The van der Waals surface area contributed by atoms with Crippen molar-refractivity contribution < 1.29 is 29.2 Å². The topological polar surface area (TPSA) is 130 Å². The average Bonchev–Trinajstić information content (AvgIpc) is 2.45. The molecule has 0 radical (unpaired) electrons. The Balaban J connectivity index is 2.77. The van der Waals surface area contributed by atoms with Crippen LogP contribution in [-0.4, -0.2) is 45.2 Å². The summed E-state index contributed by atoms with van der Waals surface area (Å²) in [6.07, 6.45) is -0.709. The van der Waals surface area contributed by atoms with Crippen LogP contribution in [-0.2, 0) is 4.79 Å². The largest absolute Gasteiger partial charge is 0.479 e. The van der Waals surface area contributed by atoms with Crippen molar-refractivity contribution in [1.29, 1.82) is 0 Å². The lowest BCUT2D eigenvalue weighted by atomic mass is 10.2. The highest BCUT2D eigenvalue weighted by atomic mass is 31.2. The average molecular weight is 316 g/mol. The Morgan fingerprint density at radius 3 is 2.33 bits per heavy atom. The third-order valence-corrected chi connectivity index (χ3v) is 4.61. The fraction of sp³-hybridized carbons (Fsp3) is 0.385.